The predicted octanol–water partition coefficient (Wildman–Crippen LogP) is 2.91. The second-order valence-electron chi connectivity index (χ2n) is 7.61. The lowest BCUT2D eigenvalue weighted by molar-refractivity contribution is 0.0772. The molecule has 1 aliphatic rings. The highest BCUT2D eigenvalue weighted by molar-refractivity contribution is 5.94. The Bertz CT molecular complexity index is 1400. The number of aromatic nitrogens is 6. The molecule has 4 heterocycles. The standard InChI is InChI=1S/C23H18F2N8O/c24-18-2-1-3-19(20(18)25)33-22(29-30-31-33)17-12-16(13-28-21(17)26)14-6-10-32(11-7-14)23(34)15-4-8-27-9-5-15/h1-6,8-9,12-13H,7,10-11H2,(H2,26,28). The first-order valence-electron chi connectivity index (χ1n) is 10.4. The number of halogens is 2. The normalized spacial score (nSPS) is 13.6. The van der Waals surface area contributed by atoms with Gasteiger partial charge in [0.25, 0.3) is 5.91 Å². The van der Waals surface area contributed by atoms with Gasteiger partial charge in [-0.15, -0.1) is 5.10 Å². The zero-order valence-corrected chi connectivity index (χ0v) is 17.8. The Morgan fingerprint density at radius 3 is 2.71 bits per heavy atom. The molecule has 0 fully saturated rings. The summed E-state index contributed by atoms with van der Waals surface area (Å²) in [6.07, 6.45) is 7.36. The molecule has 3 aromatic heterocycles. The highest BCUT2D eigenvalue weighted by atomic mass is 19.2. The molecule has 1 amide bonds. The van der Waals surface area contributed by atoms with Crippen molar-refractivity contribution in [2.24, 2.45) is 0 Å². The maximum Gasteiger partial charge on any atom is 0.254 e. The number of benzene rings is 1. The summed E-state index contributed by atoms with van der Waals surface area (Å²) in [6, 6.07) is 8.87. The number of hydrogen-bond acceptors (Lipinski definition) is 7. The summed E-state index contributed by atoms with van der Waals surface area (Å²) < 4.78 is 29.2. The summed E-state index contributed by atoms with van der Waals surface area (Å²) in [4.78, 5) is 22.6. The summed E-state index contributed by atoms with van der Waals surface area (Å²) in [6.45, 7) is 0.960. The monoisotopic (exact) mass is 460 g/mol. The van der Waals surface area contributed by atoms with Crippen LogP contribution in [0.2, 0.25) is 0 Å². The first-order valence-corrected chi connectivity index (χ1v) is 10.4. The maximum absolute atomic E-state index is 14.4. The summed E-state index contributed by atoms with van der Waals surface area (Å²) in [7, 11) is 0. The molecular weight excluding hydrogens is 442 g/mol. The third kappa shape index (κ3) is 3.87. The van der Waals surface area contributed by atoms with Crippen LogP contribution >= 0.6 is 0 Å². The summed E-state index contributed by atoms with van der Waals surface area (Å²) in [5.74, 6) is -1.89. The van der Waals surface area contributed by atoms with Crippen LogP contribution in [0.1, 0.15) is 22.3 Å². The van der Waals surface area contributed by atoms with Gasteiger partial charge in [0.1, 0.15) is 11.5 Å². The van der Waals surface area contributed by atoms with Crippen molar-refractivity contribution in [2.75, 3.05) is 18.8 Å². The molecule has 4 aromatic rings. The molecule has 0 saturated heterocycles. The van der Waals surface area contributed by atoms with E-state index < -0.39 is 11.6 Å². The minimum absolute atomic E-state index is 0.0647. The Labute approximate surface area is 192 Å². The number of pyridine rings is 2. The fourth-order valence-corrected chi connectivity index (χ4v) is 3.80. The quantitative estimate of drug-likeness (QED) is 0.498. The number of nitrogen functional groups attached to an aromatic ring is 1. The smallest absolute Gasteiger partial charge is 0.254 e. The number of anilines is 1. The number of carbonyl (C=O) groups excluding carboxylic acids is 1. The number of rotatable bonds is 4. The second-order valence-corrected chi connectivity index (χ2v) is 7.61. The van der Waals surface area contributed by atoms with Crippen molar-refractivity contribution in [2.45, 2.75) is 6.42 Å². The van der Waals surface area contributed by atoms with Crippen molar-refractivity contribution in [3.05, 3.63) is 83.8 Å². The number of amides is 1. The van der Waals surface area contributed by atoms with E-state index in [9.17, 15) is 13.6 Å². The molecular formula is C23H18F2N8O. The van der Waals surface area contributed by atoms with Gasteiger partial charge in [-0.1, -0.05) is 12.1 Å². The Kier molecular flexibility index (Phi) is 5.50. The molecule has 2 N–H and O–H groups in total. The predicted molar refractivity (Wildman–Crippen MR) is 119 cm³/mol. The van der Waals surface area contributed by atoms with Crippen LogP contribution in [0, 0.1) is 11.6 Å². The lowest BCUT2D eigenvalue weighted by Crippen LogP contribution is -2.34. The molecule has 34 heavy (non-hydrogen) atoms. The van der Waals surface area contributed by atoms with E-state index in [1.54, 1.807) is 41.7 Å². The molecule has 11 heteroatoms. The molecule has 9 nitrogen and oxygen atoms in total. The zero-order valence-electron chi connectivity index (χ0n) is 17.8. The minimum atomic E-state index is -1.08. The van der Waals surface area contributed by atoms with Crippen LogP contribution in [0.25, 0.3) is 22.6 Å². The van der Waals surface area contributed by atoms with Gasteiger partial charge in [0.15, 0.2) is 17.5 Å². The van der Waals surface area contributed by atoms with Crippen molar-refractivity contribution >= 4 is 17.3 Å². The van der Waals surface area contributed by atoms with Crippen molar-refractivity contribution in [3.63, 3.8) is 0 Å². The van der Waals surface area contributed by atoms with Gasteiger partial charge in [-0.25, -0.2) is 13.8 Å². The molecule has 5 rings (SSSR count). The number of tetrazole rings is 1. The summed E-state index contributed by atoms with van der Waals surface area (Å²) in [5, 5.41) is 11.4. The fraction of sp³-hybridized carbons (Fsp3) is 0.130. The maximum atomic E-state index is 14.4. The zero-order chi connectivity index (χ0) is 23.7. The van der Waals surface area contributed by atoms with Crippen molar-refractivity contribution in [1.29, 1.82) is 0 Å². The average molecular weight is 460 g/mol. The van der Waals surface area contributed by atoms with Crippen molar-refractivity contribution in [3.8, 4) is 17.1 Å². The minimum Gasteiger partial charge on any atom is -0.383 e. The molecule has 0 spiro atoms. The number of carbonyl (C=O) groups is 1. The topological polar surface area (TPSA) is 116 Å². The van der Waals surface area contributed by atoms with Gasteiger partial charge in [0, 0.05) is 37.2 Å². The van der Waals surface area contributed by atoms with E-state index in [-0.39, 0.29) is 23.2 Å². The van der Waals surface area contributed by atoms with E-state index in [1.807, 2.05) is 6.08 Å². The SMILES string of the molecule is Nc1ncc(C2=CCN(C(=O)c3ccncc3)CC2)cc1-c1nnnn1-c1cccc(F)c1F. The molecule has 1 aromatic carbocycles. The van der Waals surface area contributed by atoms with Gasteiger partial charge in [-0.05, 0) is 58.3 Å². The average Bonchev–Trinajstić information content (AvgIpc) is 3.36. The fourth-order valence-electron chi connectivity index (χ4n) is 3.80. The van der Waals surface area contributed by atoms with Crippen LogP contribution in [-0.2, 0) is 0 Å². The molecule has 0 unspecified atom stereocenters. The van der Waals surface area contributed by atoms with Gasteiger partial charge < -0.3 is 10.6 Å². The Balaban J connectivity index is 1.44. The van der Waals surface area contributed by atoms with Crippen LogP contribution in [0.4, 0.5) is 14.6 Å². The molecule has 0 saturated carbocycles. The number of nitrogens with zero attached hydrogens (tertiary/aromatic N) is 7. The molecule has 0 bridgehead atoms. The Morgan fingerprint density at radius 2 is 1.94 bits per heavy atom. The molecule has 0 atom stereocenters. The van der Waals surface area contributed by atoms with Crippen molar-refractivity contribution < 1.29 is 13.6 Å². The lowest BCUT2D eigenvalue weighted by atomic mass is 9.99. The first-order chi connectivity index (χ1) is 16.5. The van der Waals surface area contributed by atoms with E-state index in [0.717, 1.165) is 21.9 Å². The summed E-state index contributed by atoms with van der Waals surface area (Å²) >= 11 is 0. The Morgan fingerprint density at radius 1 is 1.12 bits per heavy atom. The van der Waals surface area contributed by atoms with E-state index >= 15 is 0 Å². The molecule has 1 aliphatic heterocycles. The van der Waals surface area contributed by atoms with Gasteiger partial charge in [-0.2, -0.15) is 4.68 Å². The highest BCUT2D eigenvalue weighted by Gasteiger charge is 2.22. The van der Waals surface area contributed by atoms with Crippen LogP contribution < -0.4 is 5.73 Å². The highest BCUT2D eigenvalue weighted by Crippen LogP contribution is 2.30. The van der Waals surface area contributed by atoms with Gasteiger partial charge in [0.2, 0.25) is 0 Å². The van der Waals surface area contributed by atoms with Crippen LogP contribution in [0.3, 0.4) is 0 Å². The van der Waals surface area contributed by atoms with Crippen LogP contribution in [0.15, 0.2) is 61.1 Å². The largest absolute Gasteiger partial charge is 0.383 e. The van der Waals surface area contributed by atoms with E-state index in [0.29, 0.717) is 30.6 Å². The summed E-state index contributed by atoms with van der Waals surface area (Å²) in [5.41, 5.74) is 8.65. The van der Waals surface area contributed by atoms with E-state index in [1.165, 1.54) is 12.1 Å². The van der Waals surface area contributed by atoms with E-state index in [4.69, 9.17) is 5.73 Å². The third-order valence-electron chi connectivity index (χ3n) is 5.58. The number of nitrogens with two attached hydrogens (primary N) is 1. The third-order valence-corrected chi connectivity index (χ3v) is 5.58. The molecule has 0 aliphatic carbocycles. The van der Waals surface area contributed by atoms with Crippen molar-refractivity contribution in [1.82, 2.24) is 35.1 Å². The Hall–Kier alpha value is -4.54. The first kappa shape index (κ1) is 21.3. The van der Waals surface area contributed by atoms with E-state index in [2.05, 4.69) is 25.5 Å². The van der Waals surface area contributed by atoms with Gasteiger partial charge in [0.05, 0.1) is 5.56 Å². The van der Waals surface area contributed by atoms with Crippen LogP contribution in [0.5, 0.6) is 0 Å². The van der Waals surface area contributed by atoms with Gasteiger partial charge in [-0.3, -0.25) is 9.78 Å². The number of hydrogen-bond donors (Lipinski definition) is 1. The van der Waals surface area contributed by atoms with Crippen LogP contribution in [-0.4, -0.2) is 54.1 Å². The second kappa shape index (κ2) is 8.77. The molecule has 0 radical (unpaired) electrons. The lowest BCUT2D eigenvalue weighted by Gasteiger charge is -2.26. The van der Waals surface area contributed by atoms with Gasteiger partial charge >= 0.3 is 0 Å². The molecule has 170 valence electrons.